The Bertz CT molecular complexity index is 1060. The van der Waals surface area contributed by atoms with Gasteiger partial charge in [-0.1, -0.05) is 170 Å². The number of carbonyl (C=O) groups is 5. The van der Waals surface area contributed by atoms with E-state index in [0.717, 1.165) is 90.1 Å². The van der Waals surface area contributed by atoms with Crippen molar-refractivity contribution in [3.05, 3.63) is 0 Å². The van der Waals surface area contributed by atoms with Crippen molar-refractivity contribution in [2.24, 2.45) is 0 Å². The molecule has 1 amide bonds. The number of rotatable bonds is 48. The van der Waals surface area contributed by atoms with Crippen LogP contribution in [0.2, 0.25) is 0 Å². The van der Waals surface area contributed by atoms with Crippen molar-refractivity contribution < 1.29 is 47.7 Å². The molecule has 12 heteroatoms. The van der Waals surface area contributed by atoms with Crippen molar-refractivity contribution in [3.63, 3.8) is 0 Å². The van der Waals surface area contributed by atoms with Crippen molar-refractivity contribution in [2.75, 3.05) is 39.4 Å². The molecule has 0 aromatic rings. The van der Waals surface area contributed by atoms with Crippen LogP contribution >= 0.6 is 0 Å². The lowest BCUT2D eigenvalue weighted by molar-refractivity contribution is -0.152. The molecule has 0 radical (unpaired) electrons. The van der Waals surface area contributed by atoms with E-state index in [4.69, 9.17) is 23.7 Å². The molecule has 0 aliphatic carbocycles. The van der Waals surface area contributed by atoms with Gasteiger partial charge in [-0.25, -0.2) is 4.79 Å². The van der Waals surface area contributed by atoms with Gasteiger partial charge in [0.25, 0.3) is 0 Å². The molecular formula is C54H102N2O10. The number of unbranched alkanes of at least 4 members (excludes halogenated alkanes) is 20. The van der Waals surface area contributed by atoms with Crippen LogP contribution in [-0.2, 0) is 42.9 Å². The van der Waals surface area contributed by atoms with Gasteiger partial charge in [0.1, 0.15) is 25.4 Å². The number of ether oxygens (including phenoxy) is 5. The lowest BCUT2D eigenvalue weighted by Gasteiger charge is -2.20. The quantitative estimate of drug-likeness (QED) is 0.0353. The summed E-state index contributed by atoms with van der Waals surface area (Å²) < 4.78 is 28.3. The molecule has 0 aromatic carbocycles. The predicted octanol–water partition coefficient (Wildman–Crippen LogP) is 13.7. The van der Waals surface area contributed by atoms with E-state index >= 15 is 0 Å². The first kappa shape index (κ1) is 63.1. The zero-order valence-corrected chi connectivity index (χ0v) is 43.5. The highest BCUT2D eigenvalue weighted by atomic mass is 16.6. The average Bonchev–Trinajstić information content (AvgIpc) is 3.30. The molecule has 0 fully saturated rings. The van der Waals surface area contributed by atoms with Crippen LogP contribution in [0.5, 0.6) is 0 Å². The first-order valence-corrected chi connectivity index (χ1v) is 27.5. The molecule has 0 aliphatic rings. The maximum atomic E-state index is 12.9. The summed E-state index contributed by atoms with van der Waals surface area (Å²) in [6, 6.07) is 0. The topological polar surface area (TPSA) is 147 Å². The Morgan fingerprint density at radius 3 is 1.03 bits per heavy atom. The van der Waals surface area contributed by atoms with Gasteiger partial charge in [-0.2, -0.15) is 0 Å². The molecule has 0 aromatic heterocycles. The second-order valence-corrected chi connectivity index (χ2v) is 18.5. The van der Waals surface area contributed by atoms with Gasteiger partial charge >= 0.3 is 30.0 Å². The maximum Gasteiger partial charge on any atom is 0.407 e. The van der Waals surface area contributed by atoms with Crippen molar-refractivity contribution in [3.8, 4) is 0 Å². The Hall–Kier alpha value is -2.89. The summed E-state index contributed by atoms with van der Waals surface area (Å²) in [6.45, 7) is 15.0. The summed E-state index contributed by atoms with van der Waals surface area (Å²) in [5.74, 6) is -1.70. The van der Waals surface area contributed by atoms with E-state index in [1.54, 1.807) is 0 Å². The number of carbonyl (C=O) groups excluding carboxylic acids is 5. The van der Waals surface area contributed by atoms with Crippen LogP contribution in [0.1, 0.15) is 260 Å². The van der Waals surface area contributed by atoms with Gasteiger partial charge < -0.3 is 33.9 Å². The third-order valence-electron chi connectivity index (χ3n) is 12.4. The molecule has 0 spiro atoms. The zero-order valence-electron chi connectivity index (χ0n) is 43.5. The fourth-order valence-electron chi connectivity index (χ4n) is 8.06. The number of hydrogen-bond acceptors (Lipinski definition) is 11. The Kier molecular flexibility index (Phi) is 45.1. The predicted molar refractivity (Wildman–Crippen MR) is 267 cm³/mol. The SMILES string of the molecule is CCCCCCCCC(CCCCCCCC)OC(=O)CCCC(=O)OCC(COC(=O)CCCC(=O)OC(CCCCCCCC)CCCCCCCC)OC(=O)NCCN(CC)CC. The van der Waals surface area contributed by atoms with Crippen LogP contribution in [0.4, 0.5) is 4.79 Å². The number of esters is 4. The molecule has 0 rings (SSSR count). The van der Waals surface area contributed by atoms with Gasteiger partial charge in [-0.15, -0.1) is 0 Å². The minimum absolute atomic E-state index is 0.00786. The van der Waals surface area contributed by atoms with E-state index in [0.29, 0.717) is 13.1 Å². The van der Waals surface area contributed by atoms with Crippen LogP contribution in [-0.4, -0.2) is 92.6 Å². The summed E-state index contributed by atoms with van der Waals surface area (Å²) in [5.41, 5.74) is 0. The summed E-state index contributed by atoms with van der Waals surface area (Å²) in [6.07, 6.45) is 30.7. The second-order valence-electron chi connectivity index (χ2n) is 18.5. The maximum absolute atomic E-state index is 12.9. The third kappa shape index (κ3) is 41.3. The van der Waals surface area contributed by atoms with Gasteiger partial charge in [0.05, 0.1) is 0 Å². The summed E-state index contributed by atoms with van der Waals surface area (Å²) >= 11 is 0. The fourth-order valence-corrected chi connectivity index (χ4v) is 8.06. The van der Waals surface area contributed by atoms with Crippen molar-refractivity contribution >= 4 is 30.0 Å². The molecule has 12 nitrogen and oxygen atoms in total. The first-order valence-electron chi connectivity index (χ1n) is 27.5. The standard InChI is InChI=1S/C54H102N2O10/c1-7-13-17-21-25-29-35-47(36-30-26-22-18-14-8-2)64-52(59)41-33-39-50(57)62-45-49(66-54(61)55-43-44-56(11-5)12-6)46-63-51(58)40-34-42-53(60)65-48(37-31-27-23-19-15-9-3)38-32-28-24-20-16-10-4/h47-49H,7-46H2,1-6H3,(H,55,61). The van der Waals surface area contributed by atoms with Crippen LogP contribution in [0.15, 0.2) is 0 Å². The zero-order chi connectivity index (χ0) is 48.7. The third-order valence-corrected chi connectivity index (χ3v) is 12.4. The molecule has 0 heterocycles. The van der Waals surface area contributed by atoms with E-state index in [-0.39, 0.29) is 75.9 Å². The number of amides is 1. The lowest BCUT2D eigenvalue weighted by Crippen LogP contribution is -2.39. The molecule has 0 saturated heterocycles. The second kappa shape index (κ2) is 47.2. The number of nitrogens with one attached hydrogen (secondary N) is 1. The smallest absolute Gasteiger partial charge is 0.407 e. The van der Waals surface area contributed by atoms with E-state index in [9.17, 15) is 24.0 Å². The molecule has 0 unspecified atom stereocenters. The molecule has 0 atom stereocenters. The fraction of sp³-hybridized carbons (Fsp3) is 0.907. The van der Waals surface area contributed by atoms with Crippen LogP contribution in [0.3, 0.4) is 0 Å². The van der Waals surface area contributed by atoms with Gasteiger partial charge in [0.15, 0.2) is 6.10 Å². The van der Waals surface area contributed by atoms with E-state index in [2.05, 4.69) is 37.9 Å². The average molecular weight is 939 g/mol. The van der Waals surface area contributed by atoms with Crippen molar-refractivity contribution in [1.82, 2.24) is 10.2 Å². The Labute approximate surface area is 404 Å². The summed E-state index contributed by atoms with van der Waals surface area (Å²) in [5, 5.41) is 2.72. The Morgan fingerprint density at radius 1 is 0.379 bits per heavy atom. The summed E-state index contributed by atoms with van der Waals surface area (Å²) in [7, 11) is 0. The highest BCUT2D eigenvalue weighted by molar-refractivity contribution is 5.73. The number of likely N-dealkylation sites (N-methyl/N-ethyl adjacent to an activating group) is 1. The largest absolute Gasteiger partial charge is 0.462 e. The Balaban J connectivity index is 5.10. The normalized spacial score (nSPS) is 11.4. The highest BCUT2D eigenvalue weighted by Crippen LogP contribution is 2.20. The minimum Gasteiger partial charge on any atom is -0.462 e. The van der Waals surface area contributed by atoms with E-state index in [1.165, 1.54) is 103 Å². The number of nitrogens with zero attached hydrogens (tertiary/aromatic N) is 1. The van der Waals surface area contributed by atoms with Crippen LogP contribution < -0.4 is 5.32 Å². The first-order chi connectivity index (χ1) is 32.1. The molecule has 388 valence electrons. The molecular weight excluding hydrogens is 837 g/mol. The van der Waals surface area contributed by atoms with E-state index in [1.807, 2.05) is 13.8 Å². The molecule has 66 heavy (non-hydrogen) atoms. The number of hydrogen-bond donors (Lipinski definition) is 1. The minimum atomic E-state index is -1.05. The van der Waals surface area contributed by atoms with Crippen LogP contribution in [0, 0.1) is 0 Å². The van der Waals surface area contributed by atoms with Crippen molar-refractivity contribution in [1.29, 1.82) is 0 Å². The van der Waals surface area contributed by atoms with Gasteiger partial charge in [-0.3, -0.25) is 19.2 Å². The monoisotopic (exact) mass is 939 g/mol. The molecule has 0 saturated carbocycles. The van der Waals surface area contributed by atoms with Crippen molar-refractivity contribution in [2.45, 2.75) is 278 Å². The van der Waals surface area contributed by atoms with Gasteiger partial charge in [0, 0.05) is 38.8 Å². The molecule has 0 bridgehead atoms. The molecule has 0 aliphatic heterocycles. The summed E-state index contributed by atoms with van der Waals surface area (Å²) in [4.78, 5) is 66.3. The Morgan fingerprint density at radius 2 is 0.697 bits per heavy atom. The lowest BCUT2D eigenvalue weighted by atomic mass is 10.0. The highest BCUT2D eigenvalue weighted by Gasteiger charge is 2.21. The molecule has 1 N–H and O–H groups in total. The van der Waals surface area contributed by atoms with Gasteiger partial charge in [0.2, 0.25) is 0 Å². The van der Waals surface area contributed by atoms with E-state index < -0.39 is 24.1 Å². The number of alkyl carbamates (subject to hydrolysis) is 1. The van der Waals surface area contributed by atoms with Crippen LogP contribution in [0.25, 0.3) is 0 Å². The van der Waals surface area contributed by atoms with Gasteiger partial charge in [-0.05, 0) is 77.3 Å².